The highest BCUT2D eigenvalue weighted by atomic mass is 35.5. The summed E-state index contributed by atoms with van der Waals surface area (Å²) >= 11 is 18.8. The minimum Gasteiger partial charge on any atom is -0.398 e. The number of anilines is 2. The number of nitrogens with one attached hydrogen (secondary N) is 2. The molecule has 0 fully saturated rings. The summed E-state index contributed by atoms with van der Waals surface area (Å²) in [6.45, 7) is 0.497. The first-order valence-corrected chi connectivity index (χ1v) is 11.3. The maximum Gasteiger partial charge on any atom is 0.322 e. The Morgan fingerprint density at radius 2 is 1.88 bits per heavy atom. The molecular formula is C23H15Cl3FN5O. The summed E-state index contributed by atoms with van der Waals surface area (Å²) in [4.78, 5) is 22.6. The number of benzene rings is 3. The molecule has 3 heterocycles. The van der Waals surface area contributed by atoms with E-state index in [1.54, 1.807) is 17.0 Å². The number of carbonyl (C=O) groups is 1. The molecule has 0 saturated heterocycles. The number of amides is 2. The smallest absolute Gasteiger partial charge is 0.322 e. The van der Waals surface area contributed by atoms with Crippen LogP contribution in [0, 0.1) is 5.82 Å². The summed E-state index contributed by atoms with van der Waals surface area (Å²) in [7, 11) is 0. The van der Waals surface area contributed by atoms with E-state index in [-0.39, 0.29) is 6.03 Å². The van der Waals surface area contributed by atoms with Gasteiger partial charge in [-0.3, -0.25) is 4.90 Å². The van der Waals surface area contributed by atoms with Crippen LogP contribution in [-0.2, 0) is 6.42 Å². The van der Waals surface area contributed by atoms with Gasteiger partial charge in [0.15, 0.2) is 0 Å². The van der Waals surface area contributed by atoms with Crippen LogP contribution in [0.2, 0.25) is 15.1 Å². The highest BCUT2D eigenvalue weighted by molar-refractivity contribution is 6.42. The Hall–Kier alpha value is -3.00. The number of aromatic nitrogens is 2. The number of hydrogen-bond donors (Lipinski definition) is 3. The molecule has 0 bridgehead atoms. The summed E-state index contributed by atoms with van der Waals surface area (Å²) in [6, 6.07) is 8.32. The van der Waals surface area contributed by atoms with E-state index in [0.29, 0.717) is 61.7 Å². The molecule has 0 aliphatic carbocycles. The maximum atomic E-state index is 14.2. The van der Waals surface area contributed by atoms with Gasteiger partial charge < -0.3 is 16.0 Å². The van der Waals surface area contributed by atoms with Crippen molar-refractivity contribution in [3.8, 4) is 11.4 Å². The third kappa shape index (κ3) is 3.07. The van der Waals surface area contributed by atoms with Crippen LogP contribution >= 0.6 is 34.8 Å². The molecule has 1 aromatic heterocycles. The van der Waals surface area contributed by atoms with Gasteiger partial charge in [-0.1, -0.05) is 34.8 Å². The van der Waals surface area contributed by atoms with E-state index in [9.17, 15) is 9.18 Å². The number of nitrogen functional groups attached to an aromatic ring is 1. The molecule has 10 heteroatoms. The summed E-state index contributed by atoms with van der Waals surface area (Å²) in [5, 5.41) is 4.11. The van der Waals surface area contributed by atoms with Crippen LogP contribution < -0.4 is 16.0 Å². The predicted octanol–water partition coefficient (Wildman–Crippen LogP) is 6.09. The van der Waals surface area contributed by atoms with E-state index in [1.807, 2.05) is 6.07 Å². The van der Waals surface area contributed by atoms with Crippen molar-refractivity contribution in [1.82, 2.24) is 15.3 Å². The van der Waals surface area contributed by atoms with Gasteiger partial charge in [-0.05, 0) is 42.8 Å². The summed E-state index contributed by atoms with van der Waals surface area (Å²) in [5.74, 6) is 0.0705. The summed E-state index contributed by atoms with van der Waals surface area (Å²) in [5.41, 5.74) is 11.8. The average molecular weight is 503 g/mol. The molecule has 0 radical (unpaired) electrons. The molecule has 1 atom stereocenters. The van der Waals surface area contributed by atoms with Crippen molar-refractivity contribution in [1.29, 1.82) is 0 Å². The summed E-state index contributed by atoms with van der Waals surface area (Å²) < 4.78 is 14.2. The number of carbonyl (C=O) groups excluding carboxylic acids is 1. The first-order chi connectivity index (χ1) is 15.8. The molecule has 2 aliphatic heterocycles. The Kier molecular flexibility index (Phi) is 4.52. The third-order valence-corrected chi connectivity index (χ3v) is 7.25. The molecule has 6 nitrogen and oxygen atoms in total. The number of hydrogen-bond acceptors (Lipinski definition) is 3. The fourth-order valence-electron chi connectivity index (χ4n) is 4.72. The fraction of sp³-hybridized carbons (Fsp3) is 0.130. The lowest BCUT2D eigenvalue weighted by atomic mass is 9.88. The number of imidazole rings is 1. The molecule has 33 heavy (non-hydrogen) atoms. The standard InChI is InChI=1S/C23H15Cl3FN5O/c24-13-2-1-9(27)5-11(13)20-19-12(22-29-17-7-14(25)15(26)8-18(17)30-22)6-16(28)10-3-4-32(21(10)19)23(33)31-20/h1-2,5-8,20H,3-4,28H2,(H,29,30)(H,31,33). The van der Waals surface area contributed by atoms with Crippen LogP contribution in [0.4, 0.5) is 20.6 Å². The molecule has 2 aliphatic rings. The van der Waals surface area contributed by atoms with Gasteiger partial charge in [-0.25, -0.2) is 14.2 Å². The van der Waals surface area contributed by atoms with Gasteiger partial charge in [0.05, 0.1) is 32.8 Å². The maximum absolute atomic E-state index is 14.2. The monoisotopic (exact) mass is 501 g/mol. The Bertz CT molecular complexity index is 1460. The van der Waals surface area contributed by atoms with Gasteiger partial charge in [0.1, 0.15) is 11.6 Å². The first kappa shape index (κ1) is 20.6. The van der Waals surface area contributed by atoms with Crippen molar-refractivity contribution in [2.24, 2.45) is 0 Å². The molecule has 3 aromatic carbocycles. The predicted molar refractivity (Wildman–Crippen MR) is 129 cm³/mol. The Labute approximate surface area is 202 Å². The first-order valence-electron chi connectivity index (χ1n) is 10.1. The number of aromatic amines is 1. The Morgan fingerprint density at radius 1 is 1.09 bits per heavy atom. The fourth-order valence-corrected chi connectivity index (χ4v) is 5.27. The zero-order valence-corrected chi connectivity index (χ0v) is 19.1. The highest BCUT2D eigenvalue weighted by Crippen LogP contribution is 2.49. The van der Waals surface area contributed by atoms with Crippen molar-refractivity contribution >= 4 is 63.2 Å². The van der Waals surface area contributed by atoms with Crippen molar-refractivity contribution in [3.05, 3.63) is 74.0 Å². The van der Waals surface area contributed by atoms with Crippen molar-refractivity contribution in [2.75, 3.05) is 17.2 Å². The molecule has 2 amide bonds. The minimum atomic E-state index is -0.695. The molecule has 6 rings (SSSR count). The van der Waals surface area contributed by atoms with Crippen LogP contribution in [-0.4, -0.2) is 22.5 Å². The van der Waals surface area contributed by atoms with E-state index in [1.165, 1.54) is 18.2 Å². The van der Waals surface area contributed by atoms with Crippen LogP contribution in [0.1, 0.15) is 22.7 Å². The van der Waals surface area contributed by atoms with E-state index in [0.717, 1.165) is 16.8 Å². The highest BCUT2D eigenvalue weighted by Gasteiger charge is 2.40. The van der Waals surface area contributed by atoms with Gasteiger partial charge in [0.2, 0.25) is 0 Å². The second kappa shape index (κ2) is 7.25. The average Bonchev–Trinajstić information content (AvgIpc) is 3.39. The van der Waals surface area contributed by atoms with Gasteiger partial charge in [0.25, 0.3) is 0 Å². The quantitative estimate of drug-likeness (QED) is 0.290. The lowest BCUT2D eigenvalue weighted by molar-refractivity contribution is 0.243. The van der Waals surface area contributed by atoms with Crippen molar-refractivity contribution < 1.29 is 9.18 Å². The second-order valence-corrected chi connectivity index (χ2v) is 9.29. The van der Waals surface area contributed by atoms with E-state index < -0.39 is 11.9 Å². The van der Waals surface area contributed by atoms with Crippen LogP contribution in [0.5, 0.6) is 0 Å². The number of nitrogens with zero attached hydrogens (tertiary/aromatic N) is 2. The molecular weight excluding hydrogens is 488 g/mol. The zero-order valence-electron chi connectivity index (χ0n) is 16.8. The number of urea groups is 1. The minimum absolute atomic E-state index is 0.286. The Balaban J connectivity index is 1.66. The Morgan fingerprint density at radius 3 is 2.70 bits per heavy atom. The van der Waals surface area contributed by atoms with Gasteiger partial charge in [-0.15, -0.1) is 0 Å². The topological polar surface area (TPSA) is 87.0 Å². The molecule has 4 aromatic rings. The van der Waals surface area contributed by atoms with Crippen LogP contribution in [0.25, 0.3) is 22.4 Å². The lowest BCUT2D eigenvalue weighted by Gasteiger charge is -2.35. The van der Waals surface area contributed by atoms with E-state index >= 15 is 0 Å². The van der Waals surface area contributed by atoms with E-state index in [4.69, 9.17) is 45.5 Å². The molecule has 0 saturated carbocycles. The van der Waals surface area contributed by atoms with Crippen molar-refractivity contribution in [2.45, 2.75) is 12.5 Å². The number of halogens is 4. The van der Waals surface area contributed by atoms with Crippen LogP contribution in [0.15, 0.2) is 36.4 Å². The van der Waals surface area contributed by atoms with Crippen LogP contribution in [0.3, 0.4) is 0 Å². The van der Waals surface area contributed by atoms with Gasteiger partial charge >= 0.3 is 6.03 Å². The largest absolute Gasteiger partial charge is 0.398 e. The van der Waals surface area contributed by atoms with E-state index in [2.05, 4.69) is 10.3 Å². The molecule has 4 N–H and O–H groups in total. The number of rotatable bonds is 2. The number of fused-ring (bicyclic) bond motifs is 1. The van der Waals surface area contributed by atoms with Gasteiger partial charge in [-0.2, -0.15) is 0 Å². The lowest BCUT2D eigenvalue weighted by Crippen LogP contribution is -2.46. The number of H-pyrrole nitrogens is 1. The second-order valence-electron chi connectivity index (χ2n) is 8.07. The summed E-state index contributed by atoms with van der Waals surface area (Å²) in [6.07, 6.45) is 0.622. The molecule has 1 unspecified atom stereocenters. The normalized spacial score (nSPS) is 16.9. The zero-order chi connectivity index (χ0) is 23.0. The third-order valence-electron chi connectivity index (χ3n) is 6.18. The molecule has 0 spiro atoms. The SMILES string of the molecule is Nc1cc(-c2nc3cc(Cl)c(Cl)cc3[nH]2)c2c3c1CCN3C(=O)NC2c1cc(F)ccc1Cl. The number of nitrogens with two attached hydrogens (primary N) is 1. The molecule has 166 valence electrons. The van der Waals surface area contributed by atoms with Gasteiger partial charge in [0, 0.05) is 39.5 Å². The van der Waals surface area contributed by atoms with Crippen molar-refractivity contribution in [3.63, 3.8) is 0 Å².